The number of methoxy groups -OCH3 is 1. The van der Waals surface area contributed by atoms with Gasteiger partial charge in [0.2, 0.25) is 0 Å². The molecule has 0 atom stereocenters. The molecule has 1 aromatic carbocycles. The molecule has 0 spiro atoms. The first-order valence-electron chi connectivity index (χ1n) is 6.29. The van der Waals surface area contributed by atoms with Crippen LogP contribution in [0.4, 0.5) is 0 Å². The minimum Gasteiger partial charge on any atom is -0.478 e. The Bertz CT molecular complexity index is 614. The van der Waals surface area contributed by atoms with E-state index in [1.165, 1.54) is 11.1 Å². The van der Waals surface area contributed by atoms with Crippen LogP contribution in [0.15, 0.2) is 42.5 Å². The molecule has 0 aliphatic carbocycles. The van der Waals surface area contributed by atoms with Gasteiger partial charge in [-0.25, -0.2) is 4.79 Å². The fraction of sp³-hybridized carbons (Fsp3) is 0.188. The lowest BCUT2D eigenvalue weighted by Crippen LogP contribution is -1.96. The Morgan fingerprint density at radius 1 is 1.30 bits per heavy atom. The fourth-order valence-electron chi connectivity index (χ4n) is 1.93. The Kier molecular flexibility index (Phi) is 5.09. The maximum Gasteiger partial charge on any atom is 0.328 e. The second kappa shape index (κ2) is 7.03. The van der Waals surface area contributed by atoms with Crippen LogP contribution < -0.4 is 0 Å². The van der Waals surface area contributed by atoms with Crippen molar-refractivity contribution >= 4 is 23.4 Å². The van der Waals surface area contributed by atoms with E-state index in [0.29, 0.717) is 6.61 Å². The molecule has 0 fully saturated rings. The van der Waals surface area contributed by atoms with Gasteiger partial charge in [0.25, 0.3) is 0 Å². The second-order valence-corrected chi connectivity index (χ2v) is 5.39. The predicted octanol–water partition coefficient (Wildman–Crippen LogP) is 3.70. The Balaban J connectivity index is 2.25. The predicted molar refractivity (Wildman–Crippen MR) is 82.0 cm³/mol. The van der Waals surface area contributed by atoms with Crippen LogP contribution in [0.3, 0.4) is 0 Å². The van der Waals surface area contributed by atoms with Crippen LogP contribution in [0.25, 0.3) is 16.5 Å². The molecular formula is C16H16O3S. The van der Waals surface area contributed by atoms with Gasteiger partial charge in [-0.1, -0.05) is 24.3 Å². The fourth-order valence-corrected chi connectivity index (χ4v) is 2.90. The number of benzene rings is 1. The van der Waals surface area contributed by atoms with Crippen LogP contribution in [0.5, 0.6) is 0 Å². The zero-order valence-electron chi connectivity index (χ0n) is 11.2. The summed E-state index contributed by atoms with van der Waals surface area (Å²) in [5.41, 5.74) is 2.43. The van der Waals surface area contributed by atoms with E-state index in [9.17, 15) is 4.79 Å². The number of aliphatic carboxylic acids is 1. The smallest absolute Gasteiger partial charge is 0.328 e. The third-order valence-corrected chi connectivity index (χ3v) is 3.96. The Morgan fingerprint density at radius 2 is 2.10 bits per heavy atom. The number of hydrogen-bond acceptors (Lipinski definition) is 3. The summed E-state index contributed by atoms with van der Waals surface area (Å²) in [5, 5.41) is 8.64. The average molecular weight is 288 g/mol. The summed E-state index contributed by atoms with van der Waals surface area (Å²) in [5.74, 6) is -0.930. The number of carbonyl (C=O) groups is 1. The largest absolute Gasteiger partial charge is 0.478 e. The molecule has 4 heteroatoms. The van der Waals surface area contributed by atoms with Crippen LogP contribution >= 0.6 is 11.3 Å². The topological polar surface area (TPSA) is 46.5 Å². The highest BCUT2D eigenvalue weighted by Crippen LogP contribution is 2.31. The van der Waals surface area contributed by atoms with Gasteiger partial charge in [-0.15, -0.1) is 11.3 Å². The molecule has 2 rings (SSSR count). The van der Waals surface area contributed by atoms with Crippen molar-refractivity contribution in [1.82, 2.24) is 0 Å². The van der Waals surface area contributed by atoms with Gasteiger partial charge in [-0.3, -0.25) is 0 Å². The zero-order chi connectivity index (χ0) is 14.4. The van der Waals surface area contributed by atoms with Gasteiger partial charge in [-0.2, -0.15) is 0 Å². The summed E-state index contributed by atoms with van der Waals surface area (Å²) in [6.07, 6.45) is 3.64. The van der Waals surface area contributed by atoms with Crippen LogP contribution in [0.1, 0.15) is 10.4 Å². The molecule has 20 heavy (non-hydrogen) atoms. The van der Waals surface area contributed by atoms with Crippen molar-refractivity contribution in [3.05, 3.63) is 52.9 Å². The maximum atomic E-state index is 10.5. The summed E-state index contributed by atoms with van der Waals surface area (Å²) >= 11 is 1.58. The summed E-state index contributed by atoms with van der Waals surface area (Å²) in [6, 6.07) is 12.2. The highest BCUT2D eigenvalue weighted by Gasteiger charge is 2.06. The van der Waals surface area contributed by atoms with Gasteiger partial charge >= 0.3 is 5.97 Å². The third kappa shape index (κ3) is 3.79. The van der Waals surface area contributed by atoms with E-state index in [-0.39, 0.29) is 0 Å². The number of ether oxygens (including phenoxy) is 1. The monoisotopic (exact) mass is 288 g/mol. The van der Waals surface area contributed by atoms with Crippen molar-refractivity contribution in [2.75, 3.05) is 13.7 Å². The number of rotatable bonds is 6. The van der Waals surface area contributed by atoms with Crippen molar-refractivity contribution in [3.63, 3.8) is 0 Å². The van der Waals surface area contributed by atoms with E-state index in [2.05, 4.69) is 12.1 Å². The minimum atomic E-state index is -0.930. The van der Waals surface area contributed by atoms with Crippen molar-refractivity contribution in [1.29, 1.82) is 0 Å². The molecule has 1 aromatic heterocycles. The lowest BCUT2D eigenvalue weighted by Gasteiger charge is -2.07. The van der Waals surface area contributed by atoms with Gasteiger partial charge < -0.3 is 9.84 Å². The van der Waals surface area contributed by atoms with E-state index >= 15 is 0 Å². The van der Waals surface area contributed by atoms with E-state index in [1.807, 2.05) is 24.3 Å². The van der Waals surface area contributed by atoms with E-state index in [1.54, 1.807) is 24.5 Å². The lowest BCUT2D eigenvalue weighted by molar-refractivity contribution is -0.131. The molecule has 0 radical (unpaired) electrons. The molecule has 1 heterocycles. The summed E-state index contributed by atoms with van der Waals surface area (Å²) < 4.78 is 5.13. The third-order valence-electron chi connectivity index (χ3n) is 2.88. The molecule has 0 saturated heterocycles. The minimum absolute atomic E-state index is 0.689. The van der Waals surface area contributed by atoms with Gasteiger partial charge in [0.05, 0.1) is 6.61 Å². The highest BCUT2D eigenvalue weighted by molar-refractivity contribution is 7.16. The van der Waals surface area contributed by atoms with Gasteiger partial charge in [0, 0.05) is 22.9 Å². The van der Waals surface area contributed by atoms with Crippen LogP contribution in [0, 0.1) is 0 Å². The molecule has 2 aromatic rings. The lowest BCUT2D eigenvalue weighted by atomic mass is 10.0. The number of carboxylic acid groups (broad SMARTS) is 1. The van der Waals surface area contributed by atoms with Gasteiger partial charge in [-0.05, 0) is 35.8 Å². The van der Waals surface area contributed by atoms with Crippen molar-refractivity contribution in [2.45, 2.75) is 6.42 Å². The molecule has 0 amide bonds. The van der Waals surface area contributed by atoms with E-state index < -0.39 is 5.97 Å². The van der Waals surface area contributed by atoms with E-state index in [4.69, 9.17) is 9.84 Å². The maximum absolute atomic E-state index is 10.5. The number of carboxylic acids is 1. The first-order chi connectivity index (χ1) is 9.70. The number of thiophene rings is 1. The Morgan fingerprint density at radius 3 is 2.85 bits per heavy atom. The molecule has 0 unspecified atom stereocenters. The molecule has 0 saturated carbocycles. The molecular weight excluding hydrogens is 272 g/mol. The molecule has 0 bridgehead atoms. The summed E-state index contributed by atoms with van der Waals surface area (Å²) in [7, 11) is 1.70. The molecule has 1 N–H and O–H groups in total. The van der Waals surface area contributed by atoms with Crippen molar-refractivity contribution in [2.24, 2.45) is 0 Å². The molecule has 0 aliphatic heterocycles. The zero-order valence-corrected chi connectivity index (χ0v) is 12.0. The van der Waals surface area contributed by atoms with Crippen molar-refractivity contribution < 1.29 is 14.6 Å². The normalized spacial score (nSPS) is 11.1. The van der Waals surface area contributed by atoms with Crippen LogP contribution in [0.2, 0.25) is 0 Å². The quantitative estimate of drug-likeness (QED) is 0.824. The Labute approximate surface area is 122 Å². The summed E-state index contributed by atoms with van der Waals surface area (Å²) in [6.45, 7) is 0.689. The van der Waals surface area contributed by atoms with Crippen LogP contribution in [-0.4, -0.2) is 24.8 Å². The Hall–Kier alpha value is -1.91. The second-order valence-electron chi connectivity index (χ2n) is 4.27. The highest BCUT2D eigenvalue weighted by atomic mass is 32.1. The number of hydrogen-bond donors (Lipinski definition) is 1. The SMILES string of the molecule is COCCc1ccccc1-c1ccc(/C=C/C(=O)O)s1. The van der Waals surface area contributed by atoms with Gasteiger partial charge in [0.1, 0.15) is 0 Å². The molecule has 104 valence electrons. The molecule has 0 aliphatic rings. The molecule has 3 nitrogen and oxygen atoms in total. The first-order valence-corrected chi connectivity index (χ1v) is 7.10. The average Bonchev–Trinajstić information content (AvgIpc) is 2.92. The van der Waals surface area contributed by atoms with Crippen molar-refractivity contribution in [3.8, 4) is 10.4 Å². The first kappa shape index (κ1) is 14.5. The van der Waals surface area contributed by atoms with Crippen LogP contribution in [-0.2, 0) is 16.0 Å². The standard InChI is InChI=1S/C16H16O3S/c1-19-11-10-12-4-2-3-5-14(12)15-8-6-13(20-15)7-9-16(17)18/h2-9H,10-11H2,1H3,(H,17,18)/b9-7+. The van der Waals surface area contributed by atoms with E-state index in [0.717, 1.165) is 22.3 Å². The summed E-state index contributed by atoms with van der Waals surface area (Å²) in [4.78, 5) is 12.6. The van der Waals surface area contributed by atoms with Gasteiger partial charge in [0.15, 0.2) is 0 Å².